The van der Waals surface area contributed by atoms with E-state index < -0.39 is 0 Å². The summed E-state index contributed by atoms with van der Waals surface area (Å²) in [6.45, 7) is 1.96. The maximum absolute atomic E-state index is 5.81. The SMILES string of the molecule is CNc1cc2ncc(-c3cc(N)cnc3C)cc2cn1. The van der Waals surface area contributed by atoms with Gasteiger partial charge in [-0.15, -0.1) is 0 Å². The predicted octanol–water partition coefficient (Wildman–Crippen LogP) is 2.62. The van der Waals surface area contributed by atoms with Crippen LogP contribution in [-0.2, 0) is 0 Å². The Bertz CT molecular complexity index is 782. The lowest BCUT2D eigenvalue weighted by Gasteiger charge is -2.08. The lowest BCUT2D eigenvalue weighted by molar-refractivity contribution is 1.20. The Kier molecular flexibility index (Phi) is 2.95. The van der Waals surface area contributed by atoms with E-state index in [4.69, 9.17) is 5.73 Å². The van der Waals surface area contributed by atoms with E-state index in [0.717, 1.165) is 33.5 Å². The maximum atomic E-state index is 5.81. The normalized spacial score (nSPS) is 10.7. The highest BCUT2D eigenvalue weighted by molar-refractivity contribution is 5.85. The molecule has 0 aliphatic heterocycles. The Labute approximate surface area is 116 Å². The van der Waals surface area contributed by atoms with Gasteiger partial charge >= 0.3 is 0 Å². The Morgan fingerprint density at radius 3 is 2.65 bits per heavy atom. The minimum absolute atomic E-state index is 0.648. The van der Waals surface area contributed by atoms with E-state index >= 15 is 0 Å². The number of fused-ring (bicyclic) bond motifs is 1. The first-order chi connectivity index (χ1) is 9.67. The molecule has 0 atom stereocenters. The number of nitrogen functional groups attached to an aromatic ring is 1. The molecule has 0 aliphatic rings. The number of hydrogen-bond donors (Lipinski definition) is 2. The van der Waals surface area contributed by atoms with Gasteiger partial charge < -0.3 is 11.1 Å². The second-order valence-corrected chi connectivity index (χ2v) is 4.64. The van der Waals surface area contributed by atoms with Crippen LogP contribution in [0.3, 0.4) is 0 Å². The standard InChI is InChI=1S/C15H15N5/c1-9-13(4-12(16)8-18-9)10-3-11-7-20-15(17-2)5-14(11)19-6-10/h3-8H,16H2,1-2H3,(H,17,20). The van der Waals surface area contributed by atoms with Crippen LogP contribution in [-0.4, -0.2) is 22.0 Å². The topological polar surface area (TPSA) is 76.7 Å². The largest absolute Gasteiger partial charge is 0.397 e. The number of nitrogens with one attached hydrogen (secondary N) is 1. The third-order valence-corrected chi connectivity index (χ3v) is 3.24. The van der Waals surface area contributed by atoms with Gasteiger partial charge in [0, 0.05) is 47.7 Å². The monoisotopic (exact) mass is 265 g/mol. The van der Waals surface area contributed by atoms with E-state index in [-0.39, 0.29) is 0 Å². The number of rotatable bonds is 2. The Balaban J connectivity index is 2.15. The quantitative estimate of drug-likeness (QED) is 0.744. The third-order valence-electron chi connectivity index (χ3n) is 3.24. The molecule has 0 fully saturated rings. The van der Waals surface area contributed by atoms with Crippen molar-refractivity contribution in [1.82, 2.24) is 15.0 Å². The Hall–Kier alpha value is -2.69. The van der Waals surface area contributed by atoms with Gasteiger partial charge in [0.05, 0.1) is 17.4 Å². The second-order valence-electron chi connectivity index (χ2n) is 4.64. The average Bonchev–Trinajstić information content (AvgIpc) is 2.48. The summed E-state index contributed by atoms with van der Waals surface area (Å²) in [6, 6.07) is 5.89. The lowest BCUT2D eigenvalue weighted by Crippen LogP contribution is -1.95. The van der Waals surface area contributed by atoms with Gasteiger partial charge in [0.2, 0.25) is 0 Å². The summed E-state index contributed by atoms with van der Waals surface area (Å²) in [4.78, 5) is 13.1. The zero-order chi connectivity index (χ0) is 14.1. The summed E-state index contributed by atoms with van der Waals surface area (Å²) in [6.07, 6.45) is 5.31. The number of hydrogen-bond acceptors (Lipinski definition) is 5. The molecule has 0 amide bonds. The van der Waals surface area contributed by atoms with E-state index in [1.807, 2.05) is 38.5 Å². The third kappa shape index (κ3) is 2.14. The Morgan fingerprint density at radius 1 is 1.00 bits per heavy atom. The van der Waals surface area contributed by atoms with Gasteiger partial charge in [0.15, 0.2) is 0 Å². The van der Waals surface area contributed by atoms with Crippen molar-refractivity contribution in [3.63, 3.8) is 0 Å². The predicted molar refractivity (Wildman–Crippen MR) is 81.5 cm³/mol. The number of pyridine rings is 3. The highest BCUT2D eigenvalue weighted by atomic mass is 14.9. The molecule has 0 spiro atoms. The van der Waals surface area contributed by atoms with Crippen molar-refractivity contribution in [1.29, 1.82) is 0 Å². The Morgan fingerprint density at radius 2 is 1.85 bits per heavy atom. The minimum atomic E-state index is 0.648. The average molecular weight is 265 g/mol. The van der Waals surface area contributed by atoms with Crippen molar-refractivity contribution in [2.24, 2.45) is 0 Å². The first-order valence-corrected chi connectivity index (χ1v) is 6.33. The van der Waals surface area contributed by atoms with E-state index in [9.17, 15) is 0 Å². The van der Waals surface area contributed by atoms with Crippen molar-refractivity contribution in [3.05, 3.63) is 42.5 Å². The summed E-state index contributed by atoms with van der Waals surface area (Å²) < 4.78 is 0. The van der Waals surface area contributed by atoms with Crippen molar-refractivity contribution < 1.29 is 0 Å². The molecule has 0 bridgehead atoms. The summed E-state index contributed by atoms with van der Waals surface area (Å²) in [7, 11) is 1.84. The molecule has 0 saturated carbocycles. The lowest BCUT2D eigenvalue weighted by atomic mass is 10.0. The molecule has 3 rings (SSSR count). The molecule has 5 heteroatoms. The van der Waals surface area contributed by atoms with Crippen molar-refractivity contribution in [3.8, 4) is 11.1 Å². The zero-order valence-electron chi connectivity index (χ0n) is 11.4. The van der Waals surface area contributed by atoms with Gasteiger partial charge in [0.25, 0.3) is 0 Å². The number of nitrogens with two attached hydrogens (primary N) is 1. The van der Waals surface area contributed by atoms with Crippen LogP contribution in [0.1, 0.15) is 5.69 Å². The van der Waals surface area contributed by atoms with Crippen LogP contribution in [0.5, 0.6) is 0 Å². The molecule has 0 unspecified atom stereocenters. The van der Waals surface area contributed by atoms with Gasteiger partial charge in [-0.3, -0.25) is 9.97 Å². The van der Waals surface area contributed by atoms with E-state index in [2.05, 4.69) is 26.3 Å². The molecule has 0 aromatic carbocycles. The zero-order valence-corrected chi connectivity index (χ0v) is 11.4. The number of nitrogens with zero attached hydrogens (tertiary/aromatic N) is 3. The molecule has 20 heavy (non-hydrogen) atoms. The molecule has 3 aromatic rings. The van der Waals surface area contributed by atoms with Crippen LogP contribution in [0, 0.1) is 6.92 Å². The maximum Gasteiger partial charge on any atom is 0.127 e. The van der Waals surface area contributed by atoms with Crippen LogP contribution in [0.15, 0.2) is 36.8 Å². The molecule has 3 heterocycles. The fourth-order valence-electron chi connectivity index (χ4n) is 2.15. The molecular weight excluding hydrogens is 250 g/mol. The number of aryl methyl sites for hydroxylation is 1. The van der Waals surface area contributed by atoms with Gasteiger partial charge in [-0.25, -0.2) is 4.98 Å². The van der Waals surface area contributed by atoms with Gasteiger partial charge in [-0.2, -0.15) is 0 Å². The molecule has 3 N–H and O–H groups in total. The molecule has 5 nitrogen and oxygen atoms in total. The highest BCUT2D eigenvalue weighted by Crippen LogP contribution is 2.26. The van der Waals surface area contributed by atoms with Gasteiger partial charge in [-0.1, -0.05) is 0 Å². The summed E-state index contributed by atoms with van der Waals surface area (Å²) in [5.74, 6) is 0.805. The molecule has 3 aromatic heterocycles. The molecule has 0 saturated heterocycles. The fourth-order valence-corrected chi connectivity index (χ4v) is 2.15. The second kappa shape index (κ2) is 4.77. The van der Waals surface area contributed by atoms with Crippen molar-refractivity contribution >= 4 is 22.4 Å². The van der Waals surface area contributed by atoms with Crippen molar-refractivity contribution in [2.45, 2.75) is 6.92 Å². The van der Waals surface area contributed by atoms with E-state index in [0.29, 0.717) is 5.69 Å². The van der Waals surface area contributed by atoms with Gasteiger partial charge in [0.1, 0.15) is 5.82 Å². The fraction of sp³-hybridized carbons (Fsp3) is 0.133. The first kappa shape index (κ1) is 12.3. The number of aromatic nitrogens is 3. The molecule has 100 valence electrons. The van der Waals surface area contributed by atoms with E-state index in [1.54, 1.807) is 6.20 Å². The summed E-state index contributed by atoms with van der Waals surface area (Å²) in [5, 5.41) is 3.99. The van der Waals surface area contributed by atoms with E-state index in [1.165, 1.54) is 0 Å². The molecular formula is C15H15N5. The smallest absolute Gasteiger partial charge is 0.127 e. The van der Waals surface area contributed by atoms with Crippen LogP contribution >= 0.6 is 0 Å². The number of anilines is 2. The molecule has 0 radical (unpaired) electrons. The summed E-state index contributed by atoms with van der Waals surface area (Å²) >= 11 is 0. The first-order valence-electron chi connectivity index (χ1n) is 6.33. The van der Waals surface area contributed by atoms with Crippen molar-refractivity contribution in [2.75, 3.05) is 18.1 Å². The minimum Gasteiger partial charge on any atom is -0.397 e. The highest BCUT2D eigenvalue weighted by Gasteiger charge is 2.06. The van der Waals surface area contributed by atoms with Crippen LogP contribution in [0.25, 0.3) is 22.0 Å². The van der Waals surface area contributed by atoms with Crippen LogP contribution in [0.4, 0.5) is 11.5 Å². The van der Waals surface area contributed by atoms with Gasteiger partial charge in [-0.05, 0) is 19.1 Å². The van der Waals surface area contributed by atoms with Crippen LogP contribution in [0.2, 0.25) is 0 Å². The summed E-state index contributed by atoms with van der Waals surface area (Å²) in [5.41, 5.74) is 10.3. The molecule has 0 aliphatic carbocycles. The van der Waals surface area contributed by atoms with Crippen LogP contribution < -0.4 is 11.1 Å².